The molecule has 3 unspecified atom stereocenters. The Kier molecular flexibility index (Phi) is 2.79. The van der Waals surface area contributed by atoms with Crippen LogP contribution in [-0.4, -0.2) is 36.1 Å². The summed E-state index contributed by atoms with van der Waals surface area (Å²) in [7, 11) is 0. The summed E-state index contributed by atoms with van der Waals surface area (Å²) in [6.07, 6.45) is 6.69. The molecule has 2 aliphatic rings. The molecule has 0 aromatic carbocycles. The highest BCUT2D eigenvalue weighted by atomic mass is 15.3. The summed E-state index contributed by atoms with van der Waals surface area (Å²) >= 11 is 0. The molecule has 0 amide bonds. The topological polar surface area (TPSA) is 15.3 Å². The van der Waals surface area contributed by atoms with Crippen LogP contribution >= 0.6 is 0 Å². The molecule has 0 aromatic heterocycles. The van der Waals surface area contributed by atoms with E-state index < -0.39 is 0 Å². The summed E-state index contributed by atoms with van der Waals surface area (Å²) in [5.41, 5.74) is 0.265. The van der Waals surface area contributed by atoms with Crippen LogP contribution in [0.2, 0.25) is 0 Å². The summed E-state index contributed by atoms with van der Waals surface area (Å²) in [5, 5.41) is 3.50. The molecule has 1 N–H and O–H groups in total. The molecule has 2 heterocycles. The summed E-state index contributed by atoms with van der Waals surface area (Å²) in [6.45, 7) is 10.4. The van der Waals surface area contributed by atoms with Gasteiger partial charge >= 0.3 is 0 Å². The monoisotopic (exact) mass is 206 g/mol. The molecule has 2 nitrogen and oxygen atoms in total. The Bertz CT molecular complexity index is 277. The molecule has 2 heteroatoms. The van der Waals surface area contributed by atoms with Gasteiger partial charge in [-0.05, 0) is 38.6 Å². The van der Waals surface area contributed by atoms with E-state index in [1.54, 1.807) is 0 Å². The van der Waals surface area contributed by atoms with Crippen LogP contribution in [0.4, 0.5) is 0 Å². The van der Waals surface area contributed by atoms with Crippen molar-refractivity contribution in [3.8, 4) is 12.3 Å². The minimum atomic E-state index is 0.265. The van der Waals surface area contributed by atoms with Crippen LogP contribution in [0.5, 0.6) is 0 Å². The number of likely N-dealkylation sites (tertiary alicyclic amines) is 1. The molecule has 0 spiro atoms. The van der Waals surface area contributed by atoms with Gasteiger partial charge < -0.3 is 5.32 Å². The van der Waals surface area contributed by atoms with Crippen molar-refractivity contribution in [3.05, 3.63) is 0 Å². The number of nitrogens with one attached hydrogen (secondary N) is 1. The molecule has 0 saturated carbocycles. The highest BCUT2D eigenvalue weighted by Gasteiger charge is 2.50. The number of hydrogen-bond acceptors (Lipinski definition) is 2. The zero-order chi connectivity index (χ0) is 11.1. The van der Waals surface area contributed by atoms with Crippen molar-refractivity contribution in [2.45, 2.75) is 38.8 Å². The smallest absolute Gasteiger partial charge is 0.0713 e. The maximum Gasteiger partial charge on any atom is 0.0713 e. The molecule has 2 rings (SSSR count). The van der Waals surface area contributed by atoms with E-state index in [1.165, 1.54) is 13.1 Å². The second-order valence-corrected chi connectivity index (χ2v) is 5.42. The van der Waals surface area contributed by atoms with Crippen molar-refractivity contribution in [1.82, 2.24) is 10.2 Å². The van der Waals surface area contributed by atoms with E-state index in [4.69, 9.17) is 6.42 Å². The Morgan fingerprint density at radius 2 is 2.27 bits per heavy atom. The molecule has 0 aromatic rings. The molecule has 3 atom stereocenters. The lowest BCUT2D eigenvalue weighted by Crippen LogP contribution is -2.49. The average Bonchev–Trinajstić information content (AvgIpc) is 2.73. The van der Waals surface area contributed by atoms with Crippen LogP contribution in [0.1, 0.15) is 27.2 Å². The largest absolute Gasteiger partial charge is 0.316 e. The third-order valence-corrected chi connectivity index (χ3v) is 4.37. The molecule has 0 radical (unpaired) electrons. The van der Waals surface area contributed by atoms with E-state index in [2.05, 4.69) is 36.9 Å². The van der Waals surface area contributed by atoms with Crippen LogP contribution in [0.25, 0.3) is 0 Å². The van der Waals surface area contributed by atoms with Crippen LogP contribution in [0, 0.1) is 24.2 Å². The van der Waals surface area contributed by atoms with Gasteiger partial charge in [0.25, 0.3) is 0 Å². The lowest BCUT2D eigenvalue weighted by atomic mass is 9.84. The van der Waals surface area contributed by atoms with Gasteiger partial charge in [-0.25, -0.2) is 0 Å². The van der Waals surface area contributed by atoms with Crippen LogP contribution < -0.4 is 5.32 Å². The zero-order valence-electron chi connectivity index (χ0n) is 10.1. The third-order valence-electron chi connectivity index (χ3n) is 4.37. The predicted molar refractivity (Wildman–Crippen MR) is 63.5 cm³/mol. The maximum absolute atomic E-state index is 5.63. The number of terminal acetylenes is 1. The van der Waals surface area contributed by atoms with E-state index >= 15 is 0 Å². The van der Waals surface area contributed by atoms with E-state index in [0.717, 1.165) is 24.8 Å². The van der Waals surface area contributed by atoms with Crippen molar-refractivity contribution in [3.63, 3.8) is 0 Å². The van der Waals surface area contributed by atoms with Gasteiger partial charge in [-0.3, -0.25) is 4.90 Å². The first kappa shape index (κ1) is 11.0. The molecule has 0 aliphatic carbocycles. The highest BCUT2D eigenvalue weighted by Crippen LogP contribution is 2.41. The number of rotatable bonds is 2. The van der Waals surface area contributed by atoms with Gasteiger partial charge in [0.1, 0.15) is 0 Å². The molecular formula is C13H22N2. The standard InChI is InChI=1S/C13H22N2/c1-5-11(6-2)15-9-10-7-14-8-12(10)13(15,3)4/h1,10-12,14H,6-9H2,2-4H3. The van der Waals surface area contributed by atoms with E-state index in [0.29, 0.717) is 6.04 Å². The summed E-state index contributed by atoms with van der Waals surface area (Å²) in [4.78, 5) is 2.54. The normalized spacial score (nSPS) is 36.1. The van der Waals surface area contributed by atoms with Crippen LogP contribution in [-0.2, 0) is 0 Å². The lowest BCUT2D eigenvalue weighted by Gasteiger charge is -2.38. The fourth-order valence-corrected chi connectivity index (χ4v) is 3.41. The first-order valence-electron chi connectivity index (χ1n) is 6.04. The molecular weight excluding hydrogens is 184 g/mol. The van der Waals surface area contributed by atoms with E-state index in [9.17, 15) is 0 Å². The molecule has 2 fully saturated rings. The summed E-state index contributed by atoms with van der Waals surface area (Å²) in [5.74, 6) is 4.53. The van der Waals surface area contributed by atoms with Crippen molar-refractivity contribution in [2.24, 2.45) is 11.8 Å². The fraction of sp³-hybridized carbons (Fsp3) is 0.846. The SMILES string of the molecule is C#CC(CC)N1CC2CNCC2C1(C)C. The van der Waals surface area contributed by atoms with E-state index in [-0.39, 0.29) is 5.54 Å². The highest BCUT2D eigenvalue weighted by molar-refractivity contribution is 5.11. The quantitative estimate of drug-likeness (QED) is 0.686. The van der Waals surface area contributed by atoms with Crippen molar-refractivity contribution >= 4 is 0 Å². The van der Waals surface area contributed by atoms with Gasteiger partial charge in [0.15, 0.2) is 0 Å². The first-order valence-corrected chi connectivity index (χ1v) is 6.04. The second kappa shape index (κ2) is 3.81. The van der Waals surface area contributed by atoms with Gasteiger partial charge in [-0.15, -0.1) is 6.42 Å². The third kappa shape index (κ3) is 1.58. The number of fused-ring (bicyclic) bond motifs is 1. The summed E-state index contributed by atoms with van der Waals surface area (Å²) in [6, 6.07) is 0.325. The maximum atomic E-state index is 5.63. The van der Waals surface area contributed by atoms with Gasteiger partial charge in [0.05, 0.1) is 6.04 Å². The molecule has 15 heavy (non-hydrogen) atoms. The Morgan fingerprint density at radius 1 is 1.53 bits per heavy atom. The van der Waals surface area contributed by atoms with Crippen LogP contribution in [0.15, 0.2) is 0 Å². The van der Waals surface area contributed by atoms with Crippen molar-refractivity contribution in [2.75, 3.05) is 19.6 Å². The average molecular weight is 206 g/mol. The number of nitrogens with zero attached hydrogens (tertiary/aromatic N) is 1. The Labute approximate surface area is 93.4 Å². The van der Waals surface area contributed by atoms with Crippen molar-refractivity contribution in [1.29, 1.82) is 0 Å². The minimum Gasteiger partial charge on any atom is -0.316 e. The predicted octanol–water partition coefficient (Wildman–Crippen LogP) is 1.33. The van der Waals surface area contributed by atoms with Gasteiger partial charge in [-0.2, -0.15) is 0 Å². The Morgan fingerprint density at radius 3 is 2.80 bits per heavy atom. The number of hydrogen-bond donors (Lipinski definition) is 1. The van der Waals surface area contributed by atoms with Crippen molar-refractivity contribution < 1.29 is 0 Å². The minimum absolute atomic E-state index is 0.265. The fourth-order valence-electron chi connectivity index (χ4n) is 3.41. The Hall–Kier alpha value is -0.520. The lowest BCUT2D eigenvalue weighted by molar-refractivity contribution is 0.112. The molecule has 2 aliphatic heterocycles. The van der Waals surface area contributed by atoms with Crippen LogP contribution in [0.3, 0.4) is 0 Å². The van der Waals surface area contributed by atoms with Gasteiger partial charge in [-0.1, -0.05) is 12.8 Å². The summed E-state index contributed by atoms with van der Waals surface area (Å²) < 4.78 is 0. The molecule has 84 valence electrons. The van der Waals surface area contributed by atoms with Gasteiger partial charge in [0.2, 0.25) is 0 Å². The second-order valence-electron chi connectivity index (χ2n) is 5.42. The Balaban J connectivity index is 2.19. The molecule has 0 bridgehead atoms. The molecule has 2 saturated heterocycles. The first-order chi connectivity index (χ1) is 7.11. The zero-order valence-corrected chi connectivity index (χ0v) is 10.1. The van der Waals surface area contributed by atoms with E-state index in [1.807, 2.05) is 0 Å². The van der Waals surface area contributed by atoms with Gasteiger partial charge in [0, 0.05) is 18.6 Å².